The Balaban J connectivity index is 1.30. The quantitative estimate of drug-likeness (QED) is 0.212. The Hall–Kier alpha value is -2.09. The molecule has 0 bridgehead atoms. The molecule has 3 fully saturated rings. The van der Waals surface area contributed by atoms with Gasteiger partial charge in [0.2, 0.25) is 0 Å². The molecule has 3 aliphatic heterocycles. The van der Waals surface area contributed by atoms with Crippen LogP contribution in [0.15, 0.2) is 53.1 Å². The number of amides is 3. The zero-order chi connectivity index (χ0) is 24.6. The van der Waals surface area contributed by atoms with Gasteiger partial charge in [0.25, 0.3) is 0 Å². The van der Waals surface area contributed by atoms with Gasteiger partial charge >= 0.3 is 217 Å². The van der Waals surface area contributed by atoms with E-state index in [1.165, 1.54) is 0 Å². The van der Waals surface area contributed by atoms with E-state index >= 15 is 0 Å². The van der Waals surface area contributed by atoms with Gasteiger partial charge in [0.15, 0.2) is 0 Å². The molecule has 3 aliphatic rings. The second-order valence-corrected chi connectivity index (χ2v) is 13.7. The molecule has 0 aliphatic carbocycles. The molecule has 11 heteroatoms. The Kier molecular flexibility index (Phi) is 7.11. The summed E-state index contributed by atoms with van der Waals surface area (Å²) in [5.74, 6) is -0.313. The first-order chi connectivity index (χ1) is 16.9. The number of furan rings is 1. The van der Waals surface area contributed by atoms with Gasteiger partial charge in [-0.3, -0.25) is 0 Å². The van der Waals surface area contributed by atoms with Crippen molar-refractivity contribution in [1.29, 1.82) is 0 Å². The molecule has 3 saturated heterocycles. The summed E-state index contributed by atoms with van der Waals surface area (Å²) in [4.78, 5) is 40.5. The zero-order valence-electron chi connectivity index (χ0n) is 19.1. The van der Waals surface area contributed by atoms with E-state index in [4.69, 9.17) is 9.15 Å². The summed E-state index contributed by atoms with van der Waals surface area (Å²) in [6, 6.07) is 11.5. The number of nitrogens with zero attached hydrogens (tertiary/aromatic N) is 2. The standard InChI is InChI=1S/C24H27IN3O6S/c1-24-20(23(32)27(24)14-16-9-5-11-33-16)28(25-35-24)22(31)19(29)17(13-15-7-3-2-4-8-15)26-21(30)18-10-6-12-34-18/h2-5,7-9,11,17-20,29H,6,10,12-14H2,1H3,(H,26,30)/q-1/t17-,18-,19-,20+,24?/m0/s1. The van der Waals surface area contributed by atoms with Gasteiger partial charge in [-0.15, -0.1) is 0 Å². The topological polar surface area (TPSA) is 112 Å². The Labute approximate surface area is 216 Å². The van der Waals surface area contributed by atoms with Crippen molar-refractivity contribution in [3.8, 4) is 0 Å². The molecule has 3 amide bonds. The molecular weight excluding hydrogens is 585 g/mol. The molecule has 1 aromatic carbocycles. The average Bonchev–Trinajstić information content (AvgIpc) is 3.63. The molecular formula is C24H27IN3O6S-. The Bertz CT molecular complexity index is 1080. The summed E-state index contributed by atoms with van der Waals surface area (Å²) in [6.07, 6.45) is 1.22. The fourth-order valence-corrected chi connectivity index (χ4v) is 11.3. The predicted octanol–water partition coefficient (Wildman–Crippen LogP) is -1.53. The summed E-state index contributed by atoms with van der Waals surface area (Å²) in [5, 5.41) is 14.0. The molecule has 0 spiro atoms. The Morgan fingerprint density at radius 1 is 1.29 bits per heavy atom. The summed E-state index contributed by atoms with van der Waals surface area (Å²) in [5.41, 5.74) is 0.886. The normalized spacial score (nSPS) is 27.5. The third kappa shape index (κ3) is 4.70. The molecule has 35 heavy (non-hydrogen) atoms. The van der Waals surface area contributed by atoms with Crippen LogP contribution in [0, 0.1) is 0 Å². The number of carbonyl (C=O) groups excluding carboxylic acids is 3. The first-order valence-electron chi connectivity index (χ1n) is 11.5. The van der Waals surface area contributed by atoms with E-state index in [9.17, 15) is 19.5 Å². The van der Waals surface area contributed by atoms with Gasteiger partial charge in [-0.2, -0.15) is 0 Å². The first-order valence-corrected chi connectivity index (χ1v) is 15.8. The zero-order valence-corrected chi connectivity index (χ0v) is 22.1. The fraction of sp³-hybridized carbons (Fsp3) is 0.458. The number of nitrogens with one attached hydrogen (secondary N) is 1. The van der Waals surface area contributed by atoms with Gasteiger partial charge < -0.3 is 0 Å². The van der Waals surface area contributed by atoms with Crippen LogP contribution in [0.3, 0.4) is 0 Å². The summed E-state index contributed by atoms with van der Waals surface area (Å²) in [7, 11) is 1.59. The SMILES string of the molecule is CC12S[I-]N(C(=O)[C@@H](O)[C@H](Cc3ccccc3)NC(=O)[C@@H]3CCCO3)[C@@H]1C(=O)N2Cc1ccco1. The number of aliphatic hydroxyl groups excluding tert-OH is 1. The molecule has 0 saturated carbocycles. The van der Waals surface area contributed by atoms with Crippen LogP contribution in [-0.4, -0.2) is 66.6 Å². The van der Waals surface area contributed by atoms with Gasteiger partial charge in [0.1, 0.15) is 0 Å². The van der Waals surface area contributed by atoms with Crippen molar-refractivity contribution in [3.05, 3.63) is 60.1 Å². The predicted molar refractivity (Wildman–Crippen MR) is 123 cm³/mol. The molecule has 2 aromatic rings. The molecule has 2 N–H and O–H groups in total. The molecule has 5 rings (SSSR count). The monoisotopic (exact) mass is 612 g/mol. The minimum atomic E-state index is -1.48. The molecule has 1 aromatic heterocycles. The van der Waals surface area contributed by atoms with Crippen LogP contribution in [0.1, 0.15) is 31.1 Å². The van der Waals surface area contributed by atoms with Crippen LogP contribution in [0.25, 0.3) is 0 Å². The maximum absolute atomic E-state index is 13.5. The van der Waals surface area contributed by atoms with Crippen molar-refractivity contribution < 1.29 is 48.7 Å². The van der Waals surface area contributed by atoms with Crippen molar-refractivity contribution in [2.24, 2.45) is 0 Å². The number of rotatable bonds is 8. The Morgan fingerprint density at radius 3 is 2.77 bits per heavy atom. The van der Waals surface area contributed by atoms with E-state index in [2.05, 4.69) is 5.32 Å². The fourth-order valence-electron chi connectivity index (χ4n) is 4.64. The number of likely N-dealkylation sites (tertiary alicyclic amines) is 1. The number of ether oxygens (including phenoxy) is 1. The second kappa shape index (κ2) is 10.1. The number of carbonyl (C=O) groups is 3. The van der Waals surface area contributed by atoms with Crippen molar-refractivity contribution >= 4 is 26.7 Å². The van der Waals surface area contributed by atoms with Gasteiger partial charge in [0, 0.05) is 0 Å². The van der Waals surface area contributed by atoms with Crippen LogP contribution in [0.5, 0.6) is 0 Å². The van der Waals surface area contributed by atoms with E-state index in [-0.39, 0.29) is 18.2 Å². The molecule has 0 radical (unpaired) electrons. The number of fused-ring (bicyclic) bond motifs is 1. The van der Waals surface area contributed by atoms with Gasteiger partial charge in [-0.05, 0) is 0 Å². The van der Waals surface area contributed by atoms with E-state index < -0.39 is 55.2 Å². The van der Waals surface area contributed by atoms with Crippen molar-refractivity contribution in [2.75, 3.05) is 6.61 Å². The summed E-state index contributed by atoms with van der Waals surface area (Å²) in [6.45, 7) is 2.82. The third-order valence-corrected chi connectivity index (χ3v) is 13.2. The number of aliphatic hydroxyl groups is 1. The average molecular weight is 612 g/mol. The van der Waals surface area contributed by atoms with Crippen molar-refractivity contribution in [3.63, 3.8) is 0 Å². The Morgan fingerprint density at radius 2 is 2.09 bits per heavy atom. The third-order valence-electron chi connectivity index (χ3n) is 6.62. The molecule has 1 unspecified atom stereocenters. The summed E-state index contributed by atoms with van der Waals surface area (Å²) >= 11 is -0.890. The number of hydrogen-bond donors (Lipinski definition) is 2. The van der Waals surface area contributed by atoms with Crippen LogP contribution in [-0.2, 0) is 32.1 Å². The minimum absolute atomic E-state index is 0.155. The van der Waals surface area contributed by atoms with Crippen molar-refractivity contribution in [2.45, 2.75) is 61.9 Å². The van der Waals surface area contributed by atoms with Crippen LogP contribution in [0.4, 0.5) is 0 Å². The first kappa shape index (κ1) is 24.6. The molecule has 188 valence electrons. The van der Waals surface area contributed by atoms with E-state index in [1.807, 2.05) is 43.3 Å². The van der Waals surface area contributed by atoms with E-state index in [1.54, 1.807) is 29.3 Å². The number of β-lactam (4-membered cyclic amide) rings is 1. The van der Waals surface area contributed by atoms with Crippen LogP contribution in [0.2, 0.25) is 0 Å². The second-order valence-electron chi connectivity index (χ2n) is 9.01. The summed E-state index contributed by atoms with van der Waals surface area (Å²) < 4.78 is 12.4. The van der Waals surface area contributed by atoms with Gasteiger partial charge in [0.05, 0.1) is 0 Å². The molecule has 4 heterocycles. The molecule has 5 atom stereocenters. The van der Waals surface area contributed by atoms with Gasteiger partial charge in [-0.1, -0.05) is 0 Å². The number of halogens is 1. The maximum atomic E-state index is 13.5. The van der Waals surface area contributed by atoms with Crippen LogP contribution < -0.4 is 25.4 Å². The number of hydrogen-bond acceptors (Lipinski definition) is 7. The number of benzene rings is 1. The van der Waals surface area contributed by atoms with Crippen molar-refractivity contribution in [1.82, 2.24) is 13.3 Å². The van der Waals surface area contributed by atoms with Gasteiger partial charge in [-0.25, -0.2) is 0 Å². The van der Waals surface area contributed by atoms with E-state index in [0.717, 1.165) is 12.0 Å². The van der Waals surface area contributed by atoms with E-state index in [0.29, 0.717) is 25.3 Å². The van der Waals surface area contributed by atoms with Crippen LogP contribution >= 0.6 is 8.93 Å². The molecule has 9 nitrogen and oxygen atoms in total.